The highest BCUT2D eigenvalue weighted by atomic mass is 16.3. The quantitative estimate of drug-likeness (QED) is 0.852. The van der Waals surface area contributed by atoms with Gasteiger partial charge in [0, 0.05) is 24.6 Å². The first-order valence-electron chi connectivity index (χ1n) is 7.28. The Bertz CT molecular complexity index is 530. The first-order valence-corrected chi connectivity index (χ1v) is 7.28. The van der Waals surface area contributed by atoms with Crippen LogP contribution in [0.3, 0.4) is 0 Å². The van der Waals surface area contributed by atoms with E-state index in [9.17, 15) is 9.59 Å². The van der Waals surface area contributed by atoms with E-state index in [0.29, 0.717) is 17.7 Å². The summed E-state index contributed by atoms with van der Waals surface area (Å²) < 4.78 is 5.56. The third-order valence-electron chi connectivity index (χ3n) is 4.19. The lowest BCUT2D eigenvalue weighted by atomic mass is 9.96. The number of aryl methyl sites for hydroxylation is 2. The molecule has 1 fully saturated rings. The molecule has 0 aromatic carbocycles. The number of Topliss-reactive ketones (excluding diaryl/α,β-unsaturated/α-hetero) is 1. The number of hydrogen-bond acceptors (Lipinski definition) is 3. The molecule has 1 aliphatic heterocycles. The van der Waals surface area contributed by atoms with Crippen LogP contribution in [0.1, 0.15) is 60.0 Å². The number of amides is 1. The minimum absolute atomic E-state index is 0.0165. The van der Waals surface area contributed by atoms with Crippen LogP contribution >= 0.6 is 0 Å². The van der Waals surface area contributed by atoms with Gasteiger partial charge < -0.3 is 9.32 Å². The first kappa shape index (κ1) is 14.8. The van der Waals surface area contributed by atoms with Crippen molar-refractivity contribution in [1.29, 1.82) is 0 Å². The maximum Gasteiger partial charge on any atom is 0.257 e. The summed E-state index contributed by atoms with van der Waals surface area (Å²) >= 11 is 0. The van der Waals surface area contributed by atoms with Gasteiger partial charge in [-0.2, -0.15) is 0 Å². The van der Waals surface area contributed by atoms with Gasteiger partial charge in [-0.15, -0.1) is 0 Å². The zero-order valence-corrected chi connectivity index (χ0v) is 12.8. The van der Waals surface area contributed by atoms with Gasteiger partial charge in [-0.1, -0.05) is 0 Å². The van der Waals surface area contributed by atoms with Crippen LogP contribution < -0.4 is 0 Å². The highest BCUT2D eigenvalue weighted by Gasteiger charge is 2.31. The Morgan fingerprint density at radius 1 is 1.20 bits per heavy atom. The van der Waals surface area contributed by atoms with Gasteiger partial charge >= 0.3 is 0 Å². The fourth-order valence-electron chi connectivity index (χ4n) is 3.06. The minimum Gasteiger partial charge on any atom is -0.466 e. The molecule has 1 saturated heterocycles. The average molecular weight is 277 g/mol. The topological polar surface area (TPSA) is 50.5 Å². The van der Waals surface area contributed by atoms with E-state index in [2.05, 4.69) is 0 Å². The maximum absolute atomic E-state index is 12.8. The molecule has 1 aliphatic rings. The van der Waals surface area contributed by atoms with Gasteiger partial charge in [0.25, 0.3) is 5.91 Å². The molecule has 2 heterocycles. The number of likely N-dealkylation sites (tertiary alicyclic amines) is 1. The Balaban J connectivity index is 2.27. The maximum atomic E-state index is 12.8. The van der Waals surface area contributed by atoms with E-state index in [1.54, 1.807) is 6.92 Å². The predicted molar refractivity (Wildman–Crippen MR) is 76.9 cm³/mol. The molecule has 1 aromatic heterocycles. The highest BCUT2D eigenvalue weighted by molar-refractivity contribution is 5.97. The number of piperidine rings is 1. The number of hydrogen-bond donors (Lipinski definition) is 0. The number of nitrogens with zero attached hydrogens (tertiary/aromatic N) is 1. The van der Waals surface area contributed by atoms with E-state index in [1.165, 1.54) is 0 Å². The Hall–Kier alpha value is -1.58. The number of furan rings is 1. The van der Waals surface area contributed by atoms with Crippen molar-refractivity contribution in [2.24, 2.45) is 0 Å². The Kier molecular flexibility index (Phi) is 4.31. The summed E-state index contributed by atoms with van der Waals surface area (Å²) in [4.78, 5) is 26.1. The summed E-state index contributed by atoms with van der Waals surface area (Å²) in [6, 6.07) is 0.0442. The van der Waals surface area contributed by atoms with E-state index >= 15 is 0 Å². The van der Waals surface area contributed by atoms with Crippen molar-refractivity contribution in [2.45, 2.75) is 59.4 Å². The van der Waals surface area contributed by atoms with Gasteiger partial charge in [0.05, 0.1) is 5.56 Å². The van der Waals surface area contributed by atoms with Crippen molar-refractivity contribution < 1.29 is 14.0 Å². The molecule has 1 aromatic rings. The molecule has 0 aliphatic carbocycles. The second kappa shape index (κ2) is 5.81. The molecule has 1 amide bonds. The van der Waals surface area contributed by atoms with E-state index < -0.39 is 0 Å². The van der Waals surface area contributed by atoms with Gasteiger partial charge in [-0.25, -0.2) is 0 Å². The molecule has 0 saturated carbocycles. The number of carbonyl (C=O) groups excluding carboxylic acids is 2. The molecule has 2 rings (SSSR count). The summed E-state index contributed by atoms with van der Waals surface area (Å²) in [5.74, 6) is 1.64. The molecule has 4 nitrogen and oxygen atoms in total. The van der Waals surface area contributed by atoms with E-state index in [-0.39, 0.29) is 17.7 Å². The fraction of sp³-hybridized carbons (Fsp3) is 0.625. The summed E-state index contributed by atoms with van der Waals surface area (Å²) in [5.41, 5.74) is 1.60. The minimum atomic E-state index is 0.0165. The van der Waals surface area contributed by atoms with Crippen LogP contribution in [0.15, 0.2) is 4.42 Å². The van der Waals surface area contributed by atoms with Crippen LogP contribution in [0.4, 0.5) is 0 Å². The predicted octanol–water partition coefficient (Wildman–Crippen LogP) is 3.18. The molecule has 1 atom stereocenters. The molecular formula is C16H23NO3. The Labute approximate surface area is 120 Å². The number of carbonyl (C=O) groups is 2. The van der Waals surface area contributed by atoms with Gasteiger partial charge in [0.1, 0.15) is 17.3 Å². The zero-order chi connectivity index (χ0) is 14.9. The van der Waals surface area contributed by atoms with Crippen molar-refractivity contribution in [3.05, 3.63) is 22.6 Å². The molecule has 110 valence electrons. The Morgan fingerprint density at radius 3 is 2.45 bits per heavy atom. The lowest BCUT2D eigenvalue weighted by molar-refractivity contribution is -0.118. The first-order chi connectivity index (χ1) is 9.41. The van der Waals surface area contributed by atoms with Crippen molar-refractivity contribution >= 4 is 11.7 Å². The standard InChI is InChI=1S/C16H23NO3/c1-10(18)9-14-7-5-6-8-17(14)16(19)15-11(2)12(3)20-13(15)4/h14H,5-9H2,1-4H3. The van der Waals surface area contributed by atoms with Gasteiger partial charge in [0.15, 0.2) is 0 Å². The lowest BCUT2D eigenvalue weighted by Gasteiger charge is -2.35. The number of rotatable bonds is 3. The van der Waals surface area contributed by atoms with E-state index in [0.717, 1.165) is 37.1 Å². The molecular weight excluding hydrogens is 254 g/mol. The van der Waals surface area contributed by atoms with Crippen LogP contribution in [0.2, 0.25) is 0 Å². The fourth-order valence-corrected chi connectivity index (χ4v) is 3.06. The molecule has 0 N–H and O–H groups in total. The van der Waals surface area contributed by atoms with Gasteiger partial charge in [-0.05, 0) is 47.0 Å². The van der Waals surface area contributed by atoms with Crippen LogP contribution in [0.25, 0.3) is 0 Å². The second-order valence-electron chi connectivity index (χ2n) is 5.77. The molecule has 0 bridgehead atoms. The third kappa shape index (κ3) is 2.79. The van der Waals surface area contributed by atoms with Crippen molar-refractivity contribution in [3.63, 3.8) is 0 Å². The Morgan fingerprint density at radius 2 is 1.90 bits per heavy atom. The normalized spacial score (nSPS) is 19.2. The lowest BCUT2D eigenvalue weighted by Crippen LogP contribution is -2.44. The molecule has 1 unspecified atom stereocenters. The van der Waals surface area contributed by atoms with Crippen molar-refractivity contribution in [3.8, 4) is 0 Å². The van der Waals surface area contributed by atoms with Gasteiger partial charge in [0.2, 0.25) is 0 Å². The third-order valence-corrected chi connectivity index (χ3v) is 4.19. The molecule has 0 radical (unpaired) electrons. The van der Waals surface area contributed by atoms with Crippen LogP contribution in [-0.2, 0) is 4.79 Å². The smallest absolute Gasteiger partial charge is 0.257 e. The molecule has 4 heteroatoms. The van der Waals surface area contributed by atoms with Gasteiger partial charge in [-0.3, -0.25) is 9.59 Å². The largest absolute Gasteiger partial charge is 0.466 e. The highest BCUT2D eigenvalue weighted by Crippen LogP contribution is 2.27. The SMILES string of the molecule is CC(=O)CC1CCCCN1C(=O)c1c(C)oc(C)c1C. The molecule has 20 heavy (non-hydrogen) atoms. The van der Waals surface area contributed by atoms with Crippen LogP contribution in [0, 0.1) is 20.8 Å². The molecule has 0 spiro atoms. The van der Waals surface area contributed by atoms with Crippen molar-refractivity contribution in [1.82, 2.24) is 4.90 Å². The van der Waals surface area contributed by atoms with E-state index in [1.807, 2.05) is 25.7 Å². The summed E-state index contributed by atoms with van der Waals surface area (Å²) in [5, 5.41) is 0. The summed E-state index contributed by atoms with van der Waals surface area (Å²) in [6.45, 7) is 7.96. The summed E-state index contributed by atoms with van der Waals surface area (Å²) in [7, 11) is 0. The summed E-state index contributed by atoms with van der Waals surface area (Å²) in [6.07, 6.45) is 3.47. The second-order valence-corrected chi connectivity index (χ2v) is 5.77. The van der Waals surface area contributed by atoms with Crippen molar-refractivity contribution in [2.75, 3.05) is 6.54 Å². The number of ketones is 1. The monoisotopic (exact) mass is 277 g/mol. The van der Waals surface area contributed by atoms with E-state index in [4.69, 9.17) is 4.42 Å². The van der Waals surface area contributed by atoms with Crippen LogP contribution in [-0.4, -0.2) is 29.2 Å². The zero-order valence-electron chi connectivity index (χ0n) is 12.8. The average Bonchev–Trinajstić information content (AvgIpc) is 2.62. The van der Waals surface area contributed by atoms with Crippen LogP contribution in [0.5, 0.6) is 0 Å².